The Kier molecular flexibility index (Phi) is 4.61. The van der Waals surface area contributed by atoms with Gasteiger partial charge in [-0.2, -0.15) is 0 Å². The summed E-state index contributed by atoms with van der Waals surface area (Å²) in [5.74, 6) is 0.904. The Balaban J connectivity index is 2.12. The number of aromatic amines is 1. The maximum absolute atomic E-state index is 12.6. The van der Waals surface area contributed by atoms with E-state index in [2.05, 4.69) is 24.3 Å². The van der Waals surface area contributed by atoms with Gasteiger partial charge in [0, 0.05) is 6.04 Å². The number of H-pyrrole nitrogens is 1. The van der Waals surface area contributed by atoms with Crippen molar-refractivity contribution in [3.63, 3.8) is 0 Å². The van der Waals surface area contributed by atoms with Crippen molar-refractivity contribution >= 4 is 23.5 Å². The van der Waals surface area contributed by atoms with E-state index >= 15 is 0 Å². The molecule has 1 aliphatic rings. The van der Waals surface area contributed by atoms with Crippen molar-refractivity contribution in [2.45, 2.75) is 38.0 Å². The smallest absolute Gasteiger partial charge is 0.270 e. The fourth-order valence-electron chi connectivity index (χ4n) is 3.01. The first kappa shape index (κ1) is 15.9. The van der Waals surface area contributed by atoms with E-state index in [9.17, 15) is 9.59 Å². The van der Waals surface area contributed by atoms with Gasteiger partial charge in [0.05, 0.1) is 16.6 Å². The zero-order valence-electron chi connectivity index (χ0n) is 13.3. The monoisotopic (exact) mass is 331 g/mol. The van der Waals surface area contributed by atoms with Crippen LogP contribution in [0.4, 0.5) is 5.82 Å². The number of anilines is 1. The molecule has 5 nitrogen and oxygen atoms in total. The van der Waals surface area contributed by atoms with Gasteiger partial charge >= 0.3 is 0 Å². The minimum absolute atomic E-state index is 0.0638. The average Bonchev–Trinajstić information content (AvgIpc) is 2.76. The Hall–Kier alpha value is -1.95. The van der Waals surface area contributed by atoms with Crippen LogP contribution in [0.5, 0.6) is 0 Å². The zero-order valence-corrected chi connectivity index (χ0v) is 14.2. The molecule has 3 rings (SSSR count). The average molecular weight is 331 g/mol. The molecule has 0 bridgehead atoms. The third-order valence-corrected chi connectivity index (χ3v) is 5.38. The molecule has 23 heavy (non-hydrogen) atoms. The van der Waals surface area contributed by atoms with Gasteiger partial charge in [0.1, 0.15) is 5.82 Å². The maximum Gasteiger partial charge on any atom is 0.270 e. The van der Waals surface area contributed by atoms with Gasteiger partial charge in [-0.15, -0.1) is 11.8 Å². The van der Waals surface area contributed by atoms with E-state index in [1.165, 1.54) is 11.8 Å². The van der Waals surface area contributed by atoms with Crippen molar-refractivity contribution in [3.8, 4) is 0 Å². The van der Waals surface area contributed by atoms with Crippen molar-refractivity contribution in [2.75, 3.05) is 11.1 Å². The molecule has 2 N–H and O–H groups in total. The minimum atomic E-state index is -0.135. The molecule has 1 aromatic carbocycles. The summed E-state index contributed by atoms with van der Waals surface area (Å²) in [5.41, 5.74) is 1.57. The van der Waals surface area contributed by atoms with Gasteiger partial charge in [-0.3, -0.25) is 19.4 Å². The molecule has 1 aliphatic heterocycles. The molecule has 6 heteroatoms. The first-order valence-corrected chi connectivity index (χ1v) is 8.97. The van der Waals surface area contributed by atoms with Crippen LogP contribution >= 0.6 is 11.8 Å². The predicted octanol–water partition coefficient (Wildman–Crippen LogP) is 3.31. The molecule has 0 spiro atoms. The number of thioether (sulfide) groups is 1. The van der Waals surface area contributed by atoms with E-state index in [1.54, 1.807) is 0 Å². The standard InChI is InChI=1S/C17H21N3O2S/c1-3-7-11(2)20-16-14(17(22)19-20)15(23-10-13(21)18-16)12-8-5-4-6-9-12/h4-6,8-9,11,15H,3,7,10H2,1-2H3,(H,18,21)(H,19,22)/t11-,15-/m0/s1. The van der Waals surface area contributed by atoms with Gasteiger partial charge in [-0.05, 0) is 18.9 Å². The molecule has 0 unspecified atom stereocenters. The highest BCUT2D eigenvalue weighted by Gasteiger charge is 2.31. The summed E-state index contributed by atoms with van der Waals surface area (Å²) in [6.07, 6.45) is 1.96. The summed E-state index contributed by atoms with van der Waals surface area (Å²) in [6, 6.07) is 10.0. The summed E-state index contributed by atoms with van der Waals surface area (Å²) in [4.78, 5) is 24.7. The lowest BCUT2D eigenvalue weighted by Gasteiger charge is -2.17. The number of hydrogen-bond acceptors (Lipinski definition) is 3. The van der Waals surface area contributed by atoms with Crippen LogP contribution in [0.3, 0.4) is 0 Å². The van der Waals surface area contributed by atoms with E-state index in [-0.39, 0.29) is 22.8 Å². The molecule has 2 heterocycles. The molecule has 0 saturated heterocycles. The van der Waals surface area contributed by atoms with Gasteiger partial charge in [0.25, 0.3) is 5.56 Å². The van der Waals surface area contributed by atoms with Gasteiger partial charge in [-0.25, -0.2) is 0 Å². The van der Waals surface area contributed by atoms with Crippen LogP contribution in [0.1, 0.15) is 49.1 Å². The zero-order chi connectivity index (χ0) is 16.4. The van der Waals surface area contributed by atoms with Crippen LogP contribution in [0, 0.1) is 0 Å². The second-order valence-corrected chi connectivity index (χ2v) is 6.95. The van der Waals surface area contributed by atoms with Gasteiger partial charge in [-0.1, -0.05) is 43.7 Å². The third kappa shape index (κ3) is 3.08. The number of nitrogens with one attached hydrogen (secondary N) is 2. The molecular weight excluding hydrogens is 310 g/mol. The van der Waals surface area contributed by atoms with Crippen LogP contribution in [-0.2, 0) is 4.79 Å². The predicted molar refractivity (Wildman–Crippen MR) is 94.0 cm³/mol. The van der Waals surface area contributed by atoms with E-state index in [0.717, 1.165) is 18.4 Å². The summed E-state index contributed by atoms with van der Waals surface area (Å²) in [5, 5.41) is 5.71. The lowest BCUT2D eigenvalue weighted by Crippen LogP contribution is -2.18. The Morgan fingerprint density at radius 3 is 2.74 bits per heavy atom. The maximum atomic E-state index is 12.6. The second kappa shape index (κ2) is 6.66. The number of nitrogens with zero attached hydrogens (tertiary/aromatic N) is 1. The Labute approximate surface area is 139 Å². The molecule has 0 fully saturated rings. The molecule has 2 atom stereocenters. The number of hydrogen-bond donors (Lipinski definition) is 2. The van der Waals surface area contributed by atoms with Gasteiger partial charge in [0.2, 0.25) is 5.91 Å². The highest BCUT2D eigenvalue weighted by molar-refractivity contribution is 8.00. The number of aromatic nitrogens is 2. The largest absolute Gasteiger partial charge is 0.310 e. The fraction of sp³-hybridized carbons (Fsp3) is 0.412. The van der Waals surface area contributed by atoms with E-state index in [4.69, 9.17) is 0 Å². The van der Waals surface area contributed by atoms with Crippen LogP contribution in [-0.4, -0.2) is 21.4 Å². The van der Waals surface area contributed by atoms with Gasteiger partial charge in [0.15, 0.2) is 0 Å². The molecule has 2 aromatic rings. The second-order valence-electron chi connectivity index (χ2n) is 5.86. The Bertz CT molecular complexity index is 751. The van der Waals surface area contributed by atoms with E-state index in [1.807, 2.05) is 35.0 Å². The van der Waals surface area contributed by atoms with Crippen LogP contribution in [0.15, 0.2) is 35.1 Å². The Morgan fingerprint density at radius 1 is 1.30 bits per heavy atom. The lowest BCUT2D eigenvalue weighted by atomic mass is 10.1. The molecule has 122 valence electrons. The molecule has 0 aliphatic carbocycles. The fourth-order valence-corrected chi connectivity index (χ4v) is 4.14. The summed E-state index contributed by atoms with van der Waals surface area (Å²) in [7, 11) is 0. The number of carbonyl (C=O) groups excluding carboxylic acids is 1. The Morgan fingerprint density at radius 2 is 2.04 bits per heavy atom. The molecule has 0 radical (unpaired) electrons. The quantitative estimate of drug-likeness (QED) is 0.903. The lowest BCUT2D eigenvalue weighted by molar-refractivity contribution is -0.113. The topological polar surface area (TPSA) is 66.9 Å². The van der Waals surface area contributed by atoms with Crippen LogP contribution in [0.25, 0.3) is 0 Å². The van der Waals surface area contributed by atoms with Gasteiger partial charge < -0.3 is 5.32 Å². The number of carbonyl (C=O) groups is 1. The minimum Gasteiger partial charge on any atom is -0.310 e. The van der Waals surface area contributed by atoms with E-state index < -0.39 is 0 Å². The van der Waals surface area contributed by atoms with Crippen molar-refractivity contribution in [1.82, 2.24) is 9.78 Å². The van der Waals surface area contributed by atoms with Crippen LogP contribution in [0.2, 0.25) is 0 Å². The first-order valence-electron chi connectivity index (χ1n) is 7.92. The highest BCUT2D eigenvalue weighted by atomic mass is 32.2. The SMILES string of the molecule is CCC[C@H](C)n1[nH]c(=O)c2c1NC(=O)CS[C@H]2c1ccccc1. The number of rotatable bonds is 4. The van der Waals surface area contributed by atoms with Crippen molar-refractivity contribution < 1.29 is 4.79 Å². The number of benzene rings is 1. The third-order valence-electron chi connectivity index (χ3n) is 4.11. The summed E-state index contributed by atoms with van der Waals surface area (Å²) < 4.78 is 1.82. The molecule has 0 saturated carbocycles. The summed E-state index contributed by atoms with van der Waals surface area (Å²) >= 11 is 1.50. The van der Waals surface area contributed by atoms with Crippen LogP contribution < -0.4 is 10.9 Å². The molecular formula is C17H21N3O2S. The first-order chi connectivity index (χ1) is 11.1. The van der Waals surface area contributed by atoms with E-state index in [0.29, 0.717) is 17.1 Å². The highest BCUT2D eigenvalue weighted by Crippen LogP contribution is 2.40. The number of amides is 1. The molecule has 1 amide bonds. The van der Waals surface area contributed by atoms with Crippen molar-refractivity contribution in [1.29, 1.82) is 0 Å². The van der Waals surface area contributed by atoms with Crippen molar-refractivity contribution in [2.24, 2.45) is 0 Å². The number of fused-ring (bicyclic) bond motifs is 1. The van der Waals surface area contributed by atoms with Crippen molar-refractivity contribution in [3.05, 3.63) is 51.8 Å². The summed E-state index contributed by atoms with van der Waals surface area (Å²) in [6.45, 7) is 4.17. The normalized spacial score (nSPS) is 18.9. The molecule has 1 aromatic heterocycles.